The highest BCUT2D eigenvalue weighted by Crippen LogP contribution is 2.35. The lowest BCUT2D eigenvalue weighted by Gasteiger charge is -2.48. The molecule has 0 bridgehead atoms. The molecule has 0 aromatic rings. The molecule has 7 heteroatoms. The number of guanidine groups is 1. The molecular weight excluding hydrogens is 465 g/mol. The fourth-order valence-corrected chi connectivity index (χ4v) is 4.64. The van der Waals surface area contributed by atoms with Crippen LogP contribution in [0.5, 0.6) is 0 Å². The Hall–Kier alpha value is -0.570. The Balaban J connectivity index is 0.00000280. The predicted octanol–water partition coefficient (Wildman–Crippen LogP) is 3.02. The van der Waals surface area contributed by atoms with Gasteiger partial charge in [0.25, 0.3) is 0 Å². The molecule has 0 unspecified atom stereocenters. The summed E-state index contributed by atoms with van der Waals surface area (Å²) in [6.07, 6.45) is 14.5. The first kappa shape index (κ1) is 23.7. The van der Waals surface area contributed by atoms with Crippen LogP contribution in [0, 0.1) is 0 Å². The molecule has 3 fully saturated rings. The Morgan fingerprint density at radius 3 is 2.36 bits per heavy atom. The summed E-state index contributed by atoms with van der Waals surface area (Å²) >= 11 is 0. The van der Waals surface area contributed by atoms with Crippen LogP contribution in [0.25, 0.3) is 0 Å². The van der Waals surface area contributed by atoms with E-state index in [4.69, 9.17) is 0 Å². The normalized spacial score (nSPS) is 22.8. The number of likely N-dealkylation sites (tertiary alicyclic amines) is 1. The molecule has 28 heavy (non-hydrogen) atoms. The van der Waals surface area contributed by atoms with Gasteiger partial charge in [-0.15, -0.1) is 24.0 Å². The number of nitrogens with one attached hydrogen (secondary N) is 3. The van der Waals surface area contributed by atoms with Gasteiger partial charge in [-0.05, 0) is 58.0 Å². The average molecular weight is 505 g/mol. The monoisotopic (exact) mass is 505 g/mol. The van der Waals surface area contributed by atoms with E-state index in [0.29, 0.717) is 18.0 Å². The van der Waals surface area contributed by atoms with Crippen molar-refractivity contribution in [3.05, 3.63) is 0 Å². The Morgan fingerprint density at radius 2 is 1.71 bits per heavy atom. The highest BCUT2D eigenvalue weighted by atomic mass is 127. The number of nitrogens with zero attached hydrogens (tertiary/aromatic N) is 2. The lowest BCUT2D eigenvalue weighted by molar-refractivity contribution is -0.121. The molecule has 0 spiro atoms. The van der Waals surface area contributed by atoms with Gasteiger partial charge in [-0.25, -0.2) is 0 Å². The predicted molar refractivity (Wildman–Crippen MR) is 126 cm³/mol. The van der Waals surface area contributed by atoms with E-state index in [1.54, 1.807) is 0 Å². The number of rotatable bonds is 8. The summed E-state index contributed by atoms with van der Waals surface area (Å²) < 4.78 is 0. The molecule has 2 aliphatic carbocycles. The third-order valence-electron chi connectivity index (χ3n) is 6.44. The van der Waals surface area contributed by atoms with E-state index in [2.05, 4.69) is 25.8 Å². The zero-order valence-electron chi connectivity index (χ0n) is 17.6. The van der Waals surface area contributed by atoms with E-state index in [1.165, 1.54) is 64.5 Å². The van der Waals surface area contributed by atoms with Gasteiger partial charge >= 0.3 is 0 Å². The van der Waals surface area contributed by atoms with E-state index < -0.39 is 0 Å². The molecule has 1 heterocycles. The molecule has 3 N–H and O–H groups in total. The first-order valence-electron chi connectivity index (χ1n) is 11.2. The van der Waals surface area contributed by atoms with Crippen molar-refractivity contribution < 1.29 is 4.79 Å². The highest BCUT2D eigenvalue weighted by Gasteiger charge is 2.38. The zero-order chi connectivity index (χ0) is 19.0. The number of halogens is 1. The van der Waals surface area contributed by atoms with Crippen LogP contribution in [0.1, 0.15) is 77.0 Å². The van der Waals surface area contributed by atoms with Gasteiger partial charge in [0.05, 0.1) is 0 Å². The van der Waals surface area contributed by atoms with Gasteiger partial charge in [-0.2, -0.15) is 0 Å². The first-order valence-corrected chi connectivity index (χ1v) is 11.2. The minimum Gasteiger partial charge on any atom is -0.356 e. The minimum absolute atomic E-state index is 0. The largest absolute Gasteiger partial charge is 0.356 e. The Labute approximate surface area is 188 Å². The van der Waals surface area contributed by atoms with E-state index in [1.807, 2.05) is 7.05 Å². The van der Waals surface area contributed by atoms with Crippen molar-refractivity contribution in [3.8, 4) is 0 Å². The molecule has 6 nitrogen and oxygen atoms in total. The standard InChI is InChI=1S/C21H39N5O.HI/c1-22-20(23-14-8-9-19(27)25-18-10-11-18)24-17-21(12-4-2-5-13-21)26-15-6-3-7-16-26;/h18H,2-17H2,1H3,(H,25,27)(H2,22,23,24);1H. The molecule has 0 atom stereocenters. The lowest BCUT2D eigenvalue weighted by Crippen LogP contribution is -2.59. The van der Waals surface area contributed by atoms with E-state index >= 15 is 0 Å². The molecule has 2 saturated carbocycles. The fourth-order valence-electron chi connectivity index (χ4n) is 4.64. The third-order valence-corrected chi connectivity index (χ3v) is 6.44. The lowest BCUT2D eigenvalue weighted by atomic mass is 9.79. The van der Waals surface area contributed by atoms with Crippen LogP contribution < -0.4 is 16.0 Å². The van der Waals surface area contributed by atoms with Gasteiger partial charge in [0, 0.05) is 38.1 Å². The molecule has 3 rings (SSSR count). The number of carbonyl (C=O) groups is 1. The zero-order valence-corrected chi connectivity index (χ0v) is 19.9. The molecule has 1 saturated heterocycles. The van der Waals surface area contributed by atoms with Crippen molar-refractivity contribution in [2.45, 2.75) is 88.6 Å². The van der Waals surface area contributed by atoms with E-state index in [0.717, 1.165) is 38.3 Å². The van der Waals surface area contributed by atoms with Crippen LogP contribution in [0.15, 0.2) is 4.99 Å². The maximum Gasteiger partial charge on any atom is 0.220 e. The number of piperidine rings is 1. The van der Waals surface area contributed by atoms with E-state index in [-0.39, 0.29) is 29.9 Å². The Bertz CT molecular complexity index is 497. The van der Waals surface area contributed by atoms with Crippen LogP contribution in [0.3, 0.4) is 0 Å². The molecular formula is C21H40IN5O. The van der Waals surface area contributed by atoms with Crippen LogP contribution in [0.4, 0.5) is 0 Å². The smallest absolute Gasteiger partial charge is 0.220 e. The second kappa shape index (κ2) is 12.2. The van der Waals surface area contributed by atoms with Gasteiger partial charge < -0.3 is 16.0 Å². The average Bonchev–Trinajstić information content (AvgIpc) is 3.53. The van der Waals surface area contributed by atoms with Crippen molar-refractivity contribution in [3.63, 3.8) is 0 Å². The topological polar surface area (TPSA) is 68.8 Å². The summed E-state index contributed by atoms with van der Waals surface area (Å²) in [4.78, 5) is 18.9. The van der Waals surface area contributed by atoms with Gasteiger partial charge in [0.2, 0.25) is 5.91 Å². The number of aliphatic imine (C=N–C) groups is 1. The second-order valence-electron chi connectivity index (χ2n) is 8.63. The third kappa shape index (κ3) is 7.35. The molecule has 3 aliphatic rings. The number of amides is 1. The highest BCUT2D eigenvalue weighted by molar-refractivity contribution is 14.0. The summed E-state index contributed by atoms with van der Waals surface area (Å²) in [5, 5.41) is 10.0. The van der Waals surface area contributed by atoms with Gasteiger partial charge in [-0.1, -0.05) is 25.7 Å². The Morgan fingerprint density at radius 1 is 1.04 bits per heavy atom. The molecule has 1 aliphatic heterocycles. The maximum absolute atomic E-state index is 11.8. The van der Waals surface area contributed by atoms with Crippen LogP contribution in [0.2, 0.25) is 0 Å². The van der Waals surface area contributed by atoms with E-state index in [9.17, 15) is 4.79 Å². The van der Waals surface area contributed by atoms with Gasteiger partial charge in [0.15, 0.2) is 5.96 Å². The summed E-state index contributed by atoms with van der Waals surface area (Å²) in [5.74, 6) is 1.06. The van der Waals surface area contributed by atoms with Crippen molar-refractivity contribution in [2.24, 2.45) is 4.99 Å². The number of carbonyl (C=O) groups excluding carboxylic acids is 1. The Kier molecular flexibility index (Phi) is 10.3. The summed E-state index contributed by atoms with van der Waals surface area (Å²) in [7, 11) is 1.84. The van der Waals surface area contributed by atoms with Gasteiger partial charge in [0.1, 0.15) is 0 Å². The van der Waals surface area contributed by atoms with Crippen molar-refractivity contribution in [1.29, 1.82) is 0 Å². The minimum atomic E-state index is 0. The van der Waals surface area contributed by atoms with Crippen molar-refractivity contribution in [1.82, 2.24) is 20.9 Å². The fraction of sp³-hybridized carbons (Fsp3) is 0.905. The number of hydrogen-bond donors (Lipinski definition) is 3. The van der Waals surface area contributed by atoms with Crippen molar-refractivity contribution >= 4 is 35.8 Å². The van der Waals surface area contributed by atoms with Crippen LogP contribution in [-0.4, -0.2) is 61.6 Å². The van der Waals surface area contributed by atoms with Crippen LogP contribution in [-0.2, 0) is 4.79 Å². The molecule has 0 radical (unpaired) electrons. The molecule has 0 aromatic carbocycles. The van der Waals surface area contributed by atoms with Gasteiger partial charge in [-0.3, -0.25) is 14.7 Å². The molecule has 162 valence electrons. The second-order valence-corrected chi connectivity index (χ2v) is 8.63. The SMILES string of the molecule is CN=C(NCCCC(=O)NC1CC1)NCC1(N2CCCCC2)CCCCC1.I. The first-order chi connectivity index (χ1) is 13.2. The molecule has 0 aromatic heterocycles. The summed E-state index contributed by atoms with van der Waals surface area (Å²) in [5.41, 5.74) is 0.306. The summed E-state index contributed by atoms with van der Waals surface area (Å²) in [6, 6.07) is 0.460. The number of hydrogen-bond acceptors (Lipinski definition) is 3. The quantitative estimate of drug-likeness (QED) is 0.205. The van der Waals surface area contributed by atoms with Crippen molar-refractivity contribution in [2.75, 3.05) is 33.2 Å². The maximum atomic E-state index is 11.8. The molecule has 1 amide bonds. The summed E-state index contributed by atoms with van der Waals surface area (Å²) in [6.45, 7) is 4.27. The van der Waals surface area contributed by atoms with Crippen LogP contribution >= 0.6 is 24.0 Å².